The number of carbonyl (C=O) groups excluding carboxylic acids is 1. The highest BCUT2D eigenvalue weighted by Gasteiger charge is 2.16. The van der Waals surface area contributed by atoms with Crippen LogP contribution in [0.4, 0.5) is 5.95 Å². The van der Waals surface area contributed by atoms with Crippen molar-refractivity contribution >= 4 is 40.9 Å². The van der Waals surface area contributed by atoms with Crippen molar-refractivity contribution < 1.29 is 4.79 Å². The predicted molar refractivity (Wildman–Crippen MR) is 123 cm³/mol. The number of thiophene rings is 1. The molecule has 0 aliphatic rings. The molecule has 150 valence electrons. The molecule has 4 aromatic rings. The second-order valence-electron chi connectivity index (χ2n) is 6.69. The van der Waals surface area contributed by atoms with Crippen LogP contribution in [-0.2, 0) is 6.54 Å². The maximum atomic E-state index is 12.9. The Labute approximate surface area is 183 Å². The Balaban J connectivity index is 1.62. The fraction of sp³-hybridized carbons (Fsp3) is 0.0870. The molecule has 0 atom stereocenters. The average Bonchev–Trinajstić information content (AvgIpc) is 3.42. The van der Waals surface area contributed by atoms with Crippen LogP contribution < -0.4 is 5.32 Å². The SMILES string of the molecule is Cc1ccc(-c2nc(NCc3cccs3)n(C(=O)C=Cc3ccc(Cl)cc3)n2)cc1. The van der Waals surface area contributed by atoms with Crippen molar-refractivity contribution in [2.75, 3.05) is 5.32 Å². The molecule has 0 saturated carbocycles. The monoisotopic (exact) mass is 434 g/mol. The molecule has 0 radical (unpaired) electrons. The molecule has 0 aliphatic heterocycles. The quantitative estimate of drug-likeness (QED) is 0.382. The fourth-order valence-electron chi connectivity index (χ4n) is 2.80. The van der Waals surface area contributed by atoms with E-state index in [1.807, 2.05) is 60.8 Å². The minimum atomic E-state index is -0.288. The summed E-state index contributed by atoms with van der Waals surface area (Å²) < 4.78 is 1.30. The van der Waals surface area contributed by atoms with Gasteiger partial charge >= 0.3 is 0 Å². The minimum absolute atomic E-state index is 0.288. The molecule has 0 aliphatic carbocycles. The van der Waals surface area contributed by atoms with Crippen LogP contribution in [0.2, 0.25) is 5.02 Å². The van der Waals surface area contributed by atoms with Gasteiger partial charge in [0.25, 0.3) is 5.91 Å². The number of hydrogen-bond donors (Lipinski definition) is 1. The molecule has 0 bridgehead atoms. The lowest BCUT2D eigenvalue weighted by Crippen LogP contribution is -2.14. The highest BCUT2D eigenvalue weighted by Crippen LogP contribution is 2.20. The Hall–Kier alpha value is -3.22. The van der Waals surface area contributed by atoms with Gasteiger partial charge in [-0.3, -0.25) is 4.79 Å². The molecule has 4 rings (SSSR count). The van der Waals surface area contributed by atoms with Gasteiger partial charge in [-0.1, -0.05) is 59.6 Å². The zero-order chi connectivity index (χ0) is 20.9. The minimum Gasteiger partial charge on any atom is -0.349 e. The Bertz CT molecular complexity index is 1160. The Morgan fingerprint density at radius 2 is 1.90 bits per heavy atom. The summed E-state index contributed by atoms with van der Waals surface area (Å²) in [5.41, 5.74) is 2.88. The van der Waals surface area contributed by atoms with Crippen LogP contribution in [0, 0.1) is 6.92 Å². The van der Waals surface area contributed by atoms with Gasteiger partial charge in [0.2, 0.25) is 5.95 Å². The number of aromatic nitrogens is 3. The summed E-state index contributed by atoms with van der Waals surface area (Å²) in [4.78, 5) is 18.6. The fourth-order valence-corrected chi connectivity index (χ4v) is 3.57. The van der Waals surface area contributed by atoms with Gasteiger partial charge in [-0.25, -0.2) is 0 Å². The molecule has 2 heterocycles. The van der Waals surface area contributed by atoms with Crippen LogP contribution in [0.5, 0.6) is 0 Å². The topological polar surface area (TPSA) is 59.8 Å². The third-order valence-corrected chi connectivity index (χ3v) is 5.54. The lowest BCUT2D eigenvalue weighted by molar-refractivity contribution is 0.0957. The van der Waals surface area contributed by atoms with E-state index in [4.69, 9.17) is 11.6 Å². The first-order valence-electron chi connectivity index (χ1n) is 9.37. The Morgan fingerprint density at radius 1 is 1.13 bits per heavy atom. The zero-order valence-corrected chi connectivity index (χ0v) is 17.8. The smallest absolute Gasteiger partial charge is 0.274 e. The van der Waals surface area contributed by atoms with Gasteiger partial charge in [0.15, 0.2) is 5.82 Å². The van der Waals surface area contributed by atoms with E-state index in [2.05, 4.69) is 15.4 Å². The van der Waals surface area contributed by atoms with Crippen molar-refractivity contribution in [3.63, 3.8) is 0 Å². The van der Waals surface area contributed by atoms with E-state index in [9.17, 15) is 4.79 Å². The number of rotatable bonds is 6. The van der Waals surface area contributed by atoms with Gasteiger partial charge in [0, 0.05) is 21.5 Å². The average molecular weight is 435 g/mol. The van der Waals surface area contributed by atoms with Crippen molar-refractivity contribution in [2.45, 2.75) is 13.5 Å². The second kappa shape index (κ2) is 9.07. The number of nitrogens with zero attached hydrogens (tertiary/aromatic N) is 3. The highest BCUT2D eigenvalue weighted by molar-refractivity contribution is 7.09. The van der Waals surface area contributed by atoms with Crippen molar-refractivity contribution in [1.29, 1.82) is 0 Å². The van der Waals surface area contributed by atoms with E-state index in [1.165, 1.54) is 10.8 Å². The molecule has 1 N–H and O–H groups in total. The third kappa shape index (κ3) is 4.84. The Morgan fingerprint density at radius 3 is 2.60 bits per heavy atom. The number of halogens is 1. The first kappa shape index (κ1) is 20.1. The van der Waals surface area contributed by atoms with Crippen LogP contribution in [0.25, 0.3) is 17.5 Å². The standard InChI is InChI=1S/C23H19ClN4OS/c1-16-4-9-18(10-5-16)22-26-23(25-15-20-3-2-14-30-20)28(27-22)21(29)13-8-17-6-11-19(24)12-7-17/h2-14H,15H2,1H3,(H,25,26,27). The van der Waals surface area contributed by atoms with Gasteiger partial charge < -0.3 is 5.32 Å². The van der Waals surface area contributed by atoms with Crippen LogP contribution >= 0.6 is 22.9 Å². The first-order chi connectivity index (χ1) is 14.6. The van der Waals surface area contributed by atoms with E-state index in [1.54, 1.807) is 29.5 Å². The summed E-state index contributed by atoms with van der Waals surface area (Å²) in [6.07, 6.45) is 3.21. The molecular formula is C23H19ClN4OS. The summed E-state index contributed by atoms with van der Waals surface area (Å²) in [5, 5.41) is 10.4. The number of hydrogen-bond acceptors (Lipinski definition) is 5. The zero-order valence-electron chi connectivity index (χ0n) is 16.2. The van der Waals surface area contributed by atoms with Gasteiger partial charge in [-0.2, -0.15) is 9.67 Å². The van der Waals surface area contributed by atoms with Crippen molar-refractivity contribution in [1.82, 2.24) is 14.8 Å². The van der Waals surface area contributed by atoms with Gasteiger partial charge in [0.05, 0.1) is 6.54 Å². The summed E-state index contributed by atoms with van der Waals surface area (Å²) in [7, 11) is 0. The highest BCUT2D eigenvalue weighted by atomic mass is 35.5. The largest absolute Gasteiger partial charge is 0.349 e. The van der Waals surface area contributed by atoms with E-state index in [0.717, 1.165) is 21.6 Å². The van der Waals surface area contributed by atoms with Crippen LogP contribution in [0.15, 0.2) is 72.1 Å². The van der Waals surface area contributed by atoms with E-state index >= 15 is 0 Å². The van der Waals surface area contributed by atoms with E-state index in [0.29, 0.717) is 23.3 Å². The van der Waals surface area contributed by atoms with Crippen molar-refractivity contribution in [3.8, 4) is 11.4 Å². The van der Waals surface area contributed by atoms with Crippen LogP contribution in [0.3, 0.4) is 0 Å². The lowest BCUT2D eigenvalue weighted by atomic mass is 10.1. The van der Waals surface area contributed by atoms with Crippen LogP contribution in [0.1, 0.15) is 20.8 Å². The molecular weight excluding hydrogens is 416 g/mol. The van der Waals surface area contributed by atoms with Crippen molar-refractivity contribution in [3.05, 3.63) is 93.1 Å². The molecule has 0 unspecified atom stereocenters. The molecule has 7 heteroatoms. The van der Waals surface area contributed by atoms with Crippen molar-refractivity contribution in [2.24, 2.45) is 0 Å². The normalized spacial score (nSPS) is 11.1. The number of carbonyl (C=O) groups is 1. The van der Waals surface area contributed by atoms with Gasteiger partial charge in [-0.05, 0) is 42.1 Å². The summed E-state index contributed by atoms with van der Waals surface area (Å²) in [5.74, 6) is 0.617. The second-order valence-corrected chi connectivity index (χ2v) is 8.16. The molecule has 2 aromatic heterocycles. The first-order valence-corrected chi connectivity index (χ1v) is 10.6. The van der Waals surface area contributed by atoms with Crippen LogP contribution in [-0.4, -0.2) is 20.7 Å². The summed E-state index contributed by atoms with van der Waals surface area (Å²) in [6, 6.07) is 19.2. The maximum absolute atomic E-state index is 12.9. The molecule has 0 fully saturated rings. The number of allylic oxidation sites excluding steroid dienone is 1. The summed E-state index contributed by atoms with van der Waals surface area (Å²) >= 11 is 7.56. The number of anilines is 1. The number of aryl methyl sites for hydroxylation is 1. The third-order valence-electron chi connectivity index (χ3n) is 4.41. The molecule has 5 nitrogen and oxygen atoms in total. The number of nitrogens with one attached hydrogen (secondary N) is 1. The Kier molecular flexibility index (Phi) is 6.07. The summed E-state index contributed by atoms with van der Waals surface area (Å²) in [6.45, 7) is 2.59. The molecule has 30 heavy (non-hydrogen) atoms. The maximum Gasteiger partial charge on any atom is 0.274 e. The van der Waals surface area contributed by atoms with E-state index < -0.39 is 0 Å². The van der Waals surface area contributed by atoms with Gasteiger partial charge in [-0.15, -0.1) is 16.4 Å². The number of benzene rings is 2. The molecule has 2 aromatic carbocycles. The van der Waals surface area contributed by atoms with E-state index in [-0.39, 0.29) is 5.91 Å². The van der Waals surface area contributed by atoms with Gasteiger partial charge in [0.1, 0.15) is 0 Å². The lowest BCUT2D eigenvalue weighted by Gasteiger charge is -2.04. The predicted octanol–water partition coefficient (Wildman–Crippen LogP) is 5.93. The molecule has 0 spiro atoms. The molecule has 0 amide bonds. The molecule has 0 saturated heterocycles.